The summed E-state index contributed by atoms with van der Waals surface area (Å²) < 4.78 is 33.0. The van der Waals surface area contributed by atoms with Crippen LogP contribution in [0.25, 0.3) is 11.5 Å². The van der Waals surface area contributed by atoms with Gasteiger partial charge in [0.2, 0.25) is 21.8 Å². The van der Waals surface area contributed by atoms with Gasteiger partial charge in [-0.2, -0.15) is 4.31 Å². The molecule has 1 saturated heterocycles. The minimum absolute atomic E-state index is 0.344. The molecule has 0 saturated carbocycles. The molecule has 1 aliphatic rings. The van der Waals surface area contributed by atoms with Gasteiger partial charge in [-0.05, 0) is 38.1 Å². The number of nitrogens with zero attached hydrogens (tertiary/aromatic N) is 4. The molecule has 0 N–H and O–H groups in total. The second-order valence-corrected chi connectivity index (χ2v) is 9.30. The van der Waals surface area contributed by atoms with E-state index in [9.17, 15) is 8.42 Å². The van der Waals surface area contributed by atoms with Gasteiger partial charge in [-0.1, -0.05) is 35.4 Å². The average Bonchev–Trinajstić information content (AvgIpc) is 3.17. The van der Waals surface area contributed by atoms with Crippen LogP contribution in [0, 0.1) is 13.8 Å². The zero-order valence-corrected chi connectivity index (χ0v) is 17.4. The predicted octanol–water partition coefficient (Wildman–Crippen LogP) is 2.86. The Morgan fingerprint density at radius 2 is 1.66 bits per heavy atom. The van der Waals surface area contributed by atoms with Crippen LogP contribution in [0.3, 0.4) is 0 Å². The van der Waals surface area contributed by atoms with E-state index in [0.29, 0.717) is 49.4 Å². The number of sulfonamides is 1. The molecule has 1 aromatic heterocycles. The highest BCUT2D eigenvalue weighted by molar-refractivity contribution is 7.89. The second kappa shape index (κ2) is 8.06. The lowest BCUT2D eigenvalue weighted by Gasteiger charge is -2.33. The number of hydrogen-bond donors (Lipinski definition) is 0. The van der Waals surface area contributed by atoms with Gasteiger partial charge in [-0.15, -0.1) is 10.2 Å². The fraction of sp³-hybridized carbons (Fsp3) is 0.333. The lowest BCUT2D eigenvalue weighted by atomic mass is 10.1. The van der Waals surface area contributed by atoms with Crippen molar-refractivity contribution in [2.45, 2.75) is 25.3 Å². The van der Waals surface area contributed by atoms with Crippen molar-refractivity contribution in [3.63, 3.8) is 0 Å². The first-order valence-electron chi connectivity index (χ1n) is 9.60. The van der Waals surface area contributed by atoms with Crippen molar-refractivity contribution in [1.82, 2.24) is 19.4 Å². The summed E-state index contributed by atoms with van der Waals surface area (Å²) in [6.45, 7) is 6.59. The van der Waals surface area contributed by atoms with E-state index in [1.165, 1.54) is 0 Å². The fourth-order valence-corrected chi connectivity index (χ4v) is 4.81. The van der Waals surface area contributed by atoms with Gasteiger partial charge in [0.05, 0.1) is 11.4 Å². The lowest BCUT2D eigenvalue weighted by Crippen LogP contribution is -2.48. The third kappa shape index (κ3) is 4.39. The summed E-state index contributed by atoms with van der Waals surface area (Å²) in [6.07, 6.45) is 0. The number of hydrogen-bond acceptors (Lipinski definition) is 6. The van der Waals surface area contributed by atoms with Gasteiger partial charge in [0.15, 0.2) is 0 Å². The third-order valence-electron chi connectivity index (χ3n) is 5.08. The molecule has 1 aliphatic heterocycles. The summed E-state index contributed by atoms with van der Waals surface area (Å²) >= 11 is 0. The molecule has 3 aromatic rings. The smallest absolute Gasteiger partial charge is 0.247 e. The normalized spacial score (nSPS) is 16.2. The van der Waals surface area contributed by atoms with Crippen LogP contribution in [0.15, 0.2) is 57.8 Å². The molecule has 1 fully saturated rings. The number of rotatable bonds is 5. The molecular weight excluding hydrogens is 388 g/mol. The SMILES string of the molecule is Cc1ccc(S(=O)(=O)N2CCN(Cc3nnc(-c4cccc(C)c4)o3)CC2)cc1. The molecule has 8 heteroatoms. The maximum atomic E-state index is 12.8. The third-order valence-corrected chi connectivity index (χ3v) is 6.99. The first kappa shape index (κ1) is 19.8. The number of aromatic nitrogens is 2. The Bertz CT molecular complexity index is 1090. The van der Waals surface area contributed by atoms with E-state index in [1.54, 1.807) is 16.4 Å². The van der Waals surface area contributed by atoms with Crippen molar-refractivity contribution < 1.29 is 12.8 Å². The molecule has 2 aromatic carbocycles. The highest BCUT2D eigenvalue weighted by atomic mass is 32.2. The first-order chi connectivity index (χ1) is 13.9. The Hall–Kier alpha value is -2.55. The van der Waals surface area contributed by atoms with Crippen LogP contribution in [-0.2, 0) is 16.6 Å². The predicted molar refractivity (Wildman–Crippen MR) is 110 cm³/mol. The maximum absolute atomic E-state index is 12.8. The molecule has 0 spiro atoms. The van der Waals surface area contributed by atoms with Gasteiger partial charge < -0.3 is 4.42 Å². The van der Waals surface area contributed by atoms with Crippen molar-refractivity contribution in [2.75, 3.05) is 26.2 Å². The van der Waals surface area contributed by atoms with Crippen molar-refractivity contribution in [1.29, 1.82) is 0 Å². The van der Waals surface area contributed by atoms with Gasteiger partial charge in [-0.25, -0.2) is 8.42 Å². The van der Waals surface area contributed by atoms with Crippen molar-refractivity contribution in [3.05, 3.63) is 65.5 Å². The van der Waals surface area contributed by atoms with Crippen LogP contribution in [0.4, 0.5) is 0 Å². The highest BCUT2D eigenvalue weighted by Gasteiger charge is 2.29. The first-order valence-corrected chi connectivity index (χ1v) is 11.0. The number of piperazine rings is 1. The maximum Gasteiger partial charge on any atom is 0.247 e. The summed E-state index contributed by atoms with van der Waals surface area (Å²) in [5.41, 5.74) is 3.07. The van der Waals surface area contributed by atoms with Crippen LogP contribution in [0.2, 0.25) is 0 Å². The fourth-order valence-electron chi connectivity index (χ4n) is 3.39. The van der Waals surface area contributed by atoms with Crippen molar-refractivity contribution in [2.24, 2.45) is 0 Å². The Balaban J connectivity index is 1.37. The summed E-state index contributed by atoms with van der Waals surface area (Å²) in [5, 5.41) is 8.29. The summed E-state index contributed by atoms with van der Waals surface area (Å²) in [5.74, 6) is 1.04. The van der Waals surface area contributed by atoms with Crippen LogP contribution in [0.1, 0.15) is 17.0 Å². The zero-order valence-electron chi connectivity index (χ0n) is 16.6. The molecule has 0 unspecified atom stereocenters. The monoisotopic (exact) mass is 412 g/mol. The van der Waals surface area contributed by atoms with E-state index in [2.05, 4.69) is 15.1 Å². The molecule has 0 aliphatic carbocycles. The second-order valence-electron chi connectivity index (χ2n) is 7.36. The molecule has 152 valence electrons. The molecule has 0 amide bonds. The van der Waals surface area contributed by atoms with Crippen LogP contribution in [-0.4, -0.2) is 54.0 Å². The van der Waals surface area contributed by atoms with E-state index in [-0.39, 0.29) is 0 Å². The Morgan fingerprint density at radius 1 is 0.931 bits per heavy atom. The van der Waals surface area contributed by atoms with Gasteiger partial charge in [0.1, 0.15) is 0 Å². The lowest BCUT2D eigenvalue weighted by molar-refractivity contribution is 0.168. The zero-order chi connectivity index (χ0) is 20.4. The van der Waals surface area contributed by atoms with Gasteiger partial charge >= 0.3 is 0 Å². The topological polar surface area (TPSA) is 79.5 Å². The van der Waals surface area contributed by atoms with Crippen LogP contribution >= 0.6 is 0 Å². The van der Waals surface area contributed by atoms with E-state index >= 15 is 0 Å². The van der Waals surface area contributed by atoms with Crippen LogP contribution < -0.4 is 0 Å². The molecule has 0 radical (unpaired) electrons. The van der Waals surface area contributed by atoms with E-state index in [4.69, 9.17) is 4.42 Å². The summed E-state index contributed by atoms with van der Waals surface area (Å²) in [6, 6.07) is 14.9. The molecule has 7 nitrogen and oxygen atoms in total. The van der Waals surface area contributed by atoms with E-state index in [0.717, 1.165) is 16.7 Å². The van der Waals surface area contributed by atoms with E-state index < -0.39 is 10.0 Å². The minimum atomic E-state index is -3.46. The van der Waals surface area contributed by atoms with Gasteiger partial charge in [0, 0.05) is 31.7 Å². The Morgan fingerprint density at radius 3 is 2.34 bits per heavy atom. The van der Waals surface area contributed by atoms with Crippen molar-refractivity contribution in [3.8, 4) is 11.5 Å². The number of benzene rings is 2. The summed E-state index contributed by atoms with van der Waals surface area (Å²) in [7, 11) is -3.46. The number of aryl methyl sites for hydroxylation is 2. The highest BCUT2D eigenvalue weighted by Crippen LogP contribution is 2.21. The standard InChI is InChI=1S/C21H24N4O3S/c1-16-6-8-19(9-7-16)29(26,27)25-12-10-24(11-13-25)15-20-22-23-21(28-20)18-5-3-4-17(2)14-18/h3-9,14H,10-13,15H2,1-2H3. The average molecular weight is 413 g/mol. The molecule has 0 atom stereocenters. The van der Waals surface area contributed by atoms with Crippen molar-refractivity contribution >= 4 is 10.0 Å². The largest absolute Gasteiger partial charge is 0.419 e. The van der Waals surface area contributed by atoms with E-state index in [1.807, 2.05) is 50.2 Å². The molecular formula is C21H24N4O3S. The molecule has 2 heterocycles. The Labute approximate surface area is 171 Å². The van der Waals surface area contributed by atoms with Gasteiger partial charge in [0.25, 0.3) is 0 Å². The molecule has 29 heavy (non-hydrogen) atoms. The minimum Gasteiger partial charge on any atom is -0.419 e. The molecule has 0 bridgehead atoms. The Kier molecular flexibility index (Phi) is 5.49. The molecule has 4 rings (SSSR count). The van der Waals surface area contributed by atoms with Gasteiger partial charge in [-0.3, -0.25) is 4.90 Å². The van der Waals surface area contributed by atoms with Crippen LogP contribution in [0.5, 0.6) is 0 Å². The summed E-state index contributed by atoms with van der Waals surface area (Å²) in [4.78, 5) is 2.48. The quantitative estimate of drug-likeness (QED) is 0.641.